The fourth-order valence-corrected chi connectivity index (χ4v) is 4.04. The lowest BCUT2D eigenvalue weighted by Crippen LogP contribution is -2.13. The number of benzene rings is 3. The number of esters is 2. The van der Waals surface area contributed by atoms with Crippen LogP contribution in [0.3, 0.4) is 0 Å². The van der Waals surface area contributed by atoms with E-state index in [1.54, 1.807) is 24.3 Å². The van der Waals surface area contributed by atoms with Crippen molar-refractivity contribution in [1.82, 2.24) is 0 Å². The first-order chi connectivity index (χ1) is 21.3. The molecule has 0 N–H and O–H groups in total. The molecule has 0 fully saturated rings. The fraction of sp³-hybridized carbons (Fsp3) is 0.278. The van der Waals surface area contributed by atoms with Crippen molar-refractivity contribution in [1.29, 1.82) is 0 Å². The number of hydrogen-bond donors (Lipinski definition) is 0. The summed E-state index contributed by atoms with van der Waals surface area (Å²) in [6.45, 7) is 12.5. The van der Waals surface area contributed by atoms with Crippen molar-refractivity contribution in [2.24, 2.45) is 0 Å². The predicted octanol–water partition coefficient (Wildman–Crippen LogP) is 7.37. The topological polar surface area (TPSA) is 89.5 Å². The van der Waals surface area contributed by atoms with Crippen molar-refractivity contribution in [3.05, 3.63) is 97.1 Å². The lowest BCUT2D eigenvalue weighted by molar-refractivity contribution is -0.131. The van der Waals surface area contributed by atoms with Crippen LogP contribution in [0.5, 0.6) is 23.0 Å². The maximum absolute atomic E-state index is 12.3. The van der Waals surface area contributed by atoms with Crippen LogP contribution in [0.15, 0.2) is 97.1 Å². The van der Waals surface area contributed by atoms with Crippen LogP contribution < -0.4 is 18.9 Å². The van der Waals surface area contributed by atoms with E-state index in [0.717, 1.165) is 35.1 Å². The molecule has 0 saturated heterocycles. The number of methoxy groups -OCH3 is 2. The molecular formula is C36H40O8. The molecule has 0 aliphatic carbocycles. The van der Waals surface area contributed by atoms with Crippen molar-refractivity contribution >= 4 is 11.9 Å². The summed E-state index contributed by atoms with van der Waals surface area (Å²) < 4.78 is 33.3. The third kappa shape index (κ3) is 9.69. The molecule has 0 aliphatic heterocycles. The second-order valence-electron chi connectivity index (χ2n) is 9.83. The summed E-state index contributed by atoms with van der Waals surface area (Å²) >= 11 is 0. The smallest absolute Gasteiger partial charge is 0.341 e. The number of carbonyl (C=O) groups is 2. The highest BCUT2D eigenvalue weighted by molar-refractivity contribution is 5.90. The molecule has 3 aromatic carbocycles. The third-order valence-electron chi connectivity index (χ3n) is 6.37. The normalized spacial score (nSPS) is 10.8. The number of unbranched alkanes of at least 4 members (excludes halogenated alkanes) is 1. The molecule has 0 radical (unpaired) electrons. The average molecular weight is 601 g/mol. The molecule has 0 bridgehead atoms. The summed E-state index contributed by atoms with van der Waals surface area (Å²) in [6.07, 6.45) is 5.72. The Labute approximate surface area is 259 Å². The second-order valence-corrected chi connectivity index (χ2v) is 9.83. The lowest BCUT2D eigenvalue weighted by atomic mass is 9.97. The zero-order valence-corrected chi connectivity index (χ0v) is 25.9. The molecule has 0 unspecified atom stereocenters. The number of carbonyl (C=O) groups excluding carboxylic acids is 2. The SMILES string of the molecule is C=C(COC)C(=O)Oc1ccc(-c2cc(OCCCC)c(-c3ccc(OC(=O)C(=C)COC)cc3)cc2OC/C=C/C)cc1. The van der Waals surface area contributed by atoms with E-state index in [1.165, 1.54) is 14.2 Å². The fourth-order valence-electron chi connectivity index (χ4n) is 4.04. The van der Waals surface area contributed by atoms with Crippen molar-refractivity contribution in [3.8, 4) is 45.3 Å². The highest BCUT2D eigenvalue weighted by Crippen LogP contribution is 2.42. The van der Waals surface area contributed by atoms with Gasteiger partial charge in [0.25, 0.3) is 0 Å². The molecule has 0 aromatic heterocycles. The number of ether oxygens (including phenoxy) is 6. The van der Waals surface area contributed by atoms with Crippen LogP contribution in [0.4, 0.5) is 0 Å². The first-order valence-corrected chi connectivity index (χ1v) is 14.3. The van der Waals surface area contributed by atoms with Crippen molar-refractivity contribution in [2.45, 2.75) is 26.7 Å². The largest absolute Gasteiger partial charge is 0.493 e. The molecule has 0 atom stereocenters. The zero-order valence-electron chi connectivity index (χ0n) is 25.9. The van der Waals surface area contributed by atoms with Crippen LogP contribution in [0, 0.1) is 0 Å². The molecule has 0 heterocycles. The van der Waals surface area contributed by atoms with E-state index in [4.69, 9.17) is 28.4 Å². The Morgan fingerprint density at radius 2 is 1.18 bits per heavy atom. The first kappa shape index (κ1) is 33.8. The summed E-state index contributed by atoms with van der Waals surface area (Å²) in [4.78, 5) is 24.5. The van der Waals surface area contributed by atoms with Crippen molar-refractivity contribution < 1.29 is 38.0 Å². The van der Waals surface area contributed by atoms with Crippen LogP contribution in [0.25, 0.3) is 22.3 Å². The molecule has 8 nitrogen and oxygen atoms in total. The van der Waals surface area contributed by atoms with Gasteiger partial charge in [-0.15, -0.1) is 0 Å². The molecule has 3 rings (SSSR count). The van der Waals surface area contributed by atoms with Gasteiger partial charge in [0.05, 0.1) is 31.0 Å². The van der Waals surface area contributed by atoms with E-state index in [0.29, 0.717) is 36.2 Å². The minimum Gasteiger partial charge on any atom is -0.493 e. The molecule has 0 saturated carbocycles. The van der Waals surface area contributed by atoms with Gasteiger partial charge in [-0.05, 0) is 60.9 Å². The van der Waals surface area contributed by atoms with Gasteiger partial charge in [0.2, 0.25) is 0 Å². The summed E-state index contributed by atoms with van der Waals surface area (Å²) in [5, 5.41) is 0. The highest BCUT2D eigenvalue weighted by atomic mass is 16.5. The molecule has 0 amide bonds. The molecule has 44 heavy (non-hydrogen) atoms. The van der Waals surface area contributed by atoms with Gasteiger partial charge in [-0.1, -0.05) is 62.9 Å². The molecule has 232 valence electrons. The van der Waals surface area contributed by atoms with Gasteiger partial charge >= 0.3 is 11.9 Å². The minimum atomic E-state index is -0.549. The van der Waals surface area contributed by atoms with Crippen molar-refractivity contribution in [2.75, 3.05) is 40.6 Å². The summed E-state index contributed by atoms with van der Waals surface area (Å²) in [7, 11) is 2.98. The van der Waals surface area contributed by atoms with Crippen LogP contribution in [-0.4, -0.2) is 52.6 Å². The van der Waals surface area contributed by atoms with Crippen molar-refractivity contribution in [3.63, 3.8) is 0 Å². The lowest BCUT2D eigenvalue weighted by Gasteiger charge is -2.18. The Kier molecular flexibility index (Phi) is 13.4. The summed E-state index contributed by atoms with van der Waals surface area (Å²) in [5.41, 5.74) is 3.79. The van der Waals surface area contributed by atoms with Gasteiger partial charge in [0.1, 0.15) is 29.6 Å². The molecule has 3 aromatic rings. The van der Waals surface area contributed by atoms with Crippen LogP contribution >= 0.6 is 0 Å². The summed E-state index contributed by atoms with van der Waals surface area (Å²) in [5.74, 6) is 0.994. The monoisotopic (exact) mass is 600 g/mol. The van der Waals surface area contributed by atoms with Gasteiger partial charge < -0.3 is 28.4 Å². The highest BCUT2D eigenvalue weighted by Gasteiger charge is 2.17. The van der Waals surface area contributed by atoms with E-state index < -0.39 is 11.9 Å². The third-order valence-corrected chi connectivity index (χ3v) is 6.37. The Morgan fingerprint density at radius 3 is 1.59 bits per heavy atom. The molecule has 0 spiro atoms. The standard InChI is InChI=1S/C36H40O8/c1-7-9-19-41-33-21-32(28-13-17-30(18-14-28)44-36(38)26(4)24-40-6)34(42-20-10-8-2)22-31(33)27-11-15-29(16-12-27)43-35(37)25(3)23-39-5/h7,9,11-18,21-22H,3-4,8,10,19-20,23-24H2,1-2,5-6H3/b9-7+. The van der Waals surface area contributed by atoms with Crippen LogP contribution in [-0.2, 0) is 19.1 Å². The molecule has 8 heteroatoms. The molecule has 0 aliphatic rings. The van der Waals surface area contributed by atoms with Gasteiger partial charge in [0.15, 0.2) is 0 Å². The maximum atomic E-state index is 12.3. The first-order valence-electron chi connectivity index (χ1n) is 14.3. The van der Waals surface area contributed by atoms with Gasteiger partial charge in [0, 0.05) is 25.3 Å². The second kappa shape index (κ2) is 17.5. The quantitative estimate of drug-likeness (QED) is 0.0522. The van der Waals surface area contributed by atoms with Crippen LogP contribution in [0.1, 0.15) is 26.7 Å². The van der Waals surface area contributed by atoms with Gasteiger partial charge in [-0.3, -0.25) is 0 Å². The summed E-state index contributed by atoms with van der Waals surface area (Å²) in [6, 6.07) is 18.2. The zero-order chi connectivity index (χ0) is 31.9. The van der Waals surface area contributed by atoms with Crippen LogP contribution in [0.2, 0.25) is 0 Å². The van der Waals surface area contributed by atoms with E-state index in [-0.39, 0.29) is 24.4 Å². The van der Waals surface area contributed by atoms with E-state index in [9.17, 15) is 9.59 Å². The minimum absolute atomic E-state index is 0.0923. The predicted molar refractivity (Wildman–Crippen MR) is 171 cm³/mol. The maximum Gasteiger partial charge on any atom is 0.341 e. The van der Waals surface area contributed by atoms with E-state index in [1.807, 2.05) is 55.5 Å². The van der Waals surface area contributed by atoms with E-state index >= 15 is 0 Å². The van der Waals surface area contributed by atoms with Gasteiger partial charge in [-0.2, -0.15) is 0 Å². The Bertz CT molecular complexity index is 1450. The number of hydrogen-bond acceptors (Lipinski definition) is 8. The number of rotatable bonds is 17. The Balaban J connectivity index is 1.99. The Hall–Kier alpha value is -4.66. The number of allylic oxidation sites excluding steroid dienone is 1. The Morgan fingerprint density at radius 1 is 0.727 bits per heavy atom. The molecular weight excluding hydrogens is 560 g/mol. The van der Waals surface area contributed by atoms with Gasteiger partial charge in [-0.25, -0.2) is 9.59 Å². The van der Waals surface area contributed by atoms with E-state index in [2.05, 4.69) is 20.1 Å². The average Bonchev–Trinajstić information content (AvgIpc) is 3.02.